The minimum absolute atomic E-state index is 0.151. The van der Waals surface area contributed by atoms with Crippen LogP contribution in [0.1, 0.15) is 58.5 Å². The molecule has 172 valence electrons. The van der Waals surface area contributed by atoms with E-state index in [9.17, 15) is 19.8 Å². The smallest absolute Gasteiger partial charge is 0.338 e. The van der Waals surface area contributed by atoms with E-state index in [-0.39, 0.29) is 28.9 Å². The predicted molar refractivity (Wildman–Crippen MR) is 125 cm³/mol. The molecule has 0 saturated carbocycles. The molecule has 0 unspecified atom stereocenters. The monoisotopic (exact) mass is 448 g/mol. The Labute approximate surface area is 193 Å². The molecule has 2 aliphatic rings. The van der Waals surface area contributed by atoms with Crippen LogP contribution >= 0.6 is 0 Å². The molecule has 2 bridgehead atoms. The lowest BCUT2D eigenvalue weighted by molar-refractivity contribution is 0.0427. The van der Waals surface area contributed by atoms with Crippen LogP contribution in [0, 0.1) is 0 Å². The maximum Gasteiger partial charge on any atom is 0.338 e. The summed E-state index contributed by atoms with van der Waals surface area (Å²) >= 11 is 0. The van der Waals surface area contributed by atoms with Crippen molar-refractivity contribution in [1.29, 1.82) is 0 Å². The molecule has 2 N–H and O–H groups in total. The van der Waals surface area contributed by atoms with Gasteiger partial charge in [0.15, 0.2) is 0 Å². The van der Waals surface area contributed by atoms with Crippen LogP contribution in [0.25, 0.3) is 0 Å². The van der Waals surface area contributed by atoms with Crippen LogP contribution < -0.4 is 0 Å². The minimum atomic E-state index is -0.347. The lowest BCUT2D eigenvalue weighted by Gasteiger charge is -2.26. The summed E-state index contributed by atoms with van der Waals surface area (Å²) in [4.78, 5) is 23.0. The Morgan fingerprint density at radius 2 is 0.939 bits per heavy atom. The molecule has 0 radical (unpaired) electrons. The molecule has 6 nitrogen and oxygen atoms in total. The van der Waals surface area contributed by atoms with Crippen molar-refractivity contribution in [3.05, 3.63) is 95.1 Å². The second-order valence-electron chi connectivity index (χ2n) is 8.28. The van der Waals surface area contributed by atoms with Gasteiger partial charge < -0.3 is 19.7 Å². The molecule has 0 spiro atoms. The van der Waals surface area contributed by atoms with Crippen molar-refractivity contribution >= 4 is 11.9 Å². The number of fused-ring (bicyclic) bond motifs is 9. The van der Waals surface area contributed by atoms with Crippen LogP contribution in [0.15, 0.2) is 72.8 Å². The van der Waals surface area contributed by atoms with E-state index in [0.29, 0.717) is 37.2 Å². The van der Waals surface area contributed by atoms with Gasteiger partial charge in [-0.2, -0.15) is 0 Å². The summed E-state index contributed by atoms with van der Waals surface area (Å²) in [5.41, 5.74) is 3.01. The minimum Gasteiger partial charge on any atom is -0.508 e. The van der Waals surface area contributed by atoms with Crippen LogP contribution in [0.2, 0.25) is 0 Å². The Balaban J connectivity index is 0.000000186. The van der Waals surface area contributed by atoms with Crippen molar-refractivity contribution in [1.82, 2.24) is 0 Å². The van der Waals surface area contributed by atoms with Crippen LogP contribution in [0.4, 0.5) is 0 Å². The number of benzene rings is 3. The number of hydrogen-bond donors (Lipinski definition) is 2. The van der Waals surface area contributed by atoms with Gasteiger partial charge in [0.2, 0.25) is 0 Å². The summed E-state index contributed by atoms with van der Waals surface area (Å²) in [6.07, 6.45) is 1.41. The molecule has 0 aliphatic carbocycles. The number of carbonyl (C=O) groups is 2. The molecule has 6 heteroatoms. The Kier molecular flexibility index (Phi) is 7.72. The molecule has 0 atom stereocenters. The highest BCUT2D eigenvalue weighted by Crippen LogP contribution is 2.32. The first-order chi connectivity index (χ1) is 15.8. The molecule has 3 aromatic carbocycles. The fraction of sp³-hybridized carbons (Fsp3) is 0.259. The average Bonchev–Trinajstić information content (AvgIpc) is 2.81. The van der Waals surface area contributed by atoms with E-state index in [1.54, 1.807) is 48.5 Å². The van der Waals surface area contributed by atoms with Gasteiger partial charge in [0.1, 0.15) is 11.5 Å². The summed E-state index contributed by atoms with van der Waals surface area (Å²) in [6.45, 7) is 4.95. The van der Waals surface area contributed by atoms with Gasteiger partial charge in [0, 0.05) is 5.41 Å². The van der Waals surface area contributed by atoms with E-state index in [1.165, 1.54) is 0 Å². The number of aromatic hydroxyl groups is 2. The maximum absolute atomic E-state index is 11.5. The number of ether oxygens (including phenoxy) is 2. The Morgan fingerprint density at radius 1 is 0.606 bits per heavy atom. The lowest BCUT2D eigenvalue weighted by Crippen LogP contribution is -2.18. The quantitative estimate of drug-likeness (QED) is 0.522. The van der Waals surface area contributed by atoms with Gasteiger partial charge in [0.25, 0.3) is 0 Å². The zero-order chi connectivity index (χ0) is 23.8. The van der Waals surface area contributed by atoms with Gasteiger partial charge in [-0.15, -0.1) is 0 Å². The van der Waals surface area contributed by atoms with Crippen molar-refractivity contribution in [2.75, 3.05) is 13.2 Å². The molecule has 0 amide bonds. The third-order valence-corrected chi connectivity index (χ3v) is 5.54. The normalized spacial score (nSPS) is 14.1. The van der Waals surface area contributed by atoms with Gasteiger partial charge in [-0.1, -0.05) is 38.1 Å². The summed E-state index contributed by atoms with van der Waals surface area (Å²) < 4.78 is 10.1. The van der Waals surface area contributed by atoms with Gasteiger partial charge in [-0.3, -0.25) is 0 Å². The molecule has 33 heavy (non-hydrogen) atoms. The molecular formula is C27H28O6. The van der Waals surface area contributed by atoms with Crippen LogP contribution in [-0.4, -0.2) is 35.4 Å². The predicted octanol–water partition coefficient (Wildman–Crippen LogP) is 5.22. The highest BCUT2D eigenvalue weighted by Gasteiger charge is 2.22. The van der Waals surface area contributed by atoms with Gasteiger partial charge in [-0.05, 0) is 72.5 Å². The summed E-state index contributed by atoms with van der Waals surface area (Å²) in [7, 11) is 0. The standard InChI is InChI=1S/C15H16O2.C12H12O4/c1-15(2,11-3-7-13(16)8-4-11)12-5-9-14(17)10-6-12;13-11-9-3-5-10(6-4-9)12(14)16-8-2-1-7-15-11/h3-10,16-17H,1-2H3;3-6H,1-2,7-8H2. The van der Waals surface area contributed by atoms with Crippen LogP contribution in [-0.2, 0) is 14.9 Å². The fourth-order valence-electron chi connectivity index (χ4n) is 3.37. The number of esters is 2. The zero-order valence-electron chi connectivity index (χ0n) is 18.8. The van der Waals surface area contributed by atoms with E-state index in [4.69, 9.17) is 9.47 Å². The Bertz CT molecular complexity index is 981. The summed E-state index contributed by atoms with van der Waals surface area (Å²) in [6, 6.07) is 20.7. The number of phenols is 2. The van der Waals surface area contributed by atoms with Gasteiger partial charge in [0.05, 0.1) is 24.3 Å². The van der Waals surface area contributed by atoms with E-state index in [0.717, 1.165) is 11.1 Å². The average molecular weight is 449 g/mol. The maximum atomic E-state index is 11.5. The Hall–Kier alpha value is -3.80. The second kappa shape index (κ2) is 10.7. The third kappa shape index (κ3) is 6.35. The van der Waals surface area contributed by atoms with Crippen molar-refractivity contribution in [3.8, 4) is 11.5 Å². The van der Waals surface area contributed by atoms with Crippen LogP contribution in [0.5, 0.6) is 11.5 Å². The second-order valence-corrected chi connectivity index (χ2v) is 8.28. The van der Waals surface area contributed by atoms with Crippen molar-refractivity contribution < 1.29 is 29.3 Å². The van der Waals surface area contributed by atoms with Crippen LogP contribution in [0.3, 0.4) is 0 Å². The number of hydrogen-bond acceptors (Lipinski definition) is 6. The Morgan fingerprint density at radius 3 is 1.27 bits per heavy atom. The molecule has 2 heterocycles. The van der Waals surface area contributed by atoms with E-state index < -0.39 is 0 Å². The first-order valence-corrected chi connectivity index (χ1v) is 10.8. The van der Waals surface area contributed by atoms with Crippen molar-refractivity contribution in [2.24, 2.45) is 0 Å². The largest absolute Gasteiger partial charge is 0.508 e. The molecule has 5 rings (SSSR count). The molecular weight excluding hydrogens is 420 g/mol. The molecule has 0 saturated heterocycles. The van der Waals surface area contributed by atoms with Gasteiger partial charge >= 0.3 is 11.9 Å². The zero-order valence-corrected chi connectivity index (χ0v) is 18.8. The highest BCUT2D eigenvalue weighted by atomic mass is 16.5. The van der Waals surface area contributed by atoms with Crippen molar-refractivity contribution in [2.45, 2.75) is 32.1 Å². The number of carbonyl (C=O) groups excluding carboxylic acids is 2. The third-order valence-electron chi connectivity index (χ3n) is 5.54. The molecule has 0 aromatic heterocycles. The van der Waals surface area contributed by atoms with E-state index in [1.807, 2.05) is 24.3 Å². The molecule has 3 aromatic rings. The molecule has 0 fully saturated rings. The van der Waals surface area contributed by atoms with Gasteiger partial charge in [-0.25, -0.2) is 9.59 Å². The topological polar surface area (TPSA) is 93.1 Å². The lowest BCUT2D eigenvalue weighted by atomic mass is 9.78. The SMILES string of the molecule is CC(C)(c1ccc(O)cc1)c1ccc(O)cc1.O=C1OCCCCOC(=O)c2ccc1cc2. The van der Waals surface area contributed by atoms with E-state index in [2.05, 4.69) is 13.8 Å². The first kappa shape index (κ1) is 23.9. The summed E-state index contributed by atoms with van der Waals surface area (Å²) in [5.74, 6) is -0.147. The number of phenolic OH excluding ortho intramolecular Hbond substituents is 2. The molecule has 2 aliphatic heterocycles. The number of rotatable bonds is 2. The van der Waals surface area contributed by atoms with Crippen molar-refractivity contribution in [3.63, 3.8) is 0 Å². The summed E-state index contributed by atoms with van der Waals surface area (Å²) in [5, 5.41) is 18.6. The highest BCUT2D eigenvalue weighted by molar-refractivity contribution is 5.93. The first-order valence-electron chi connectivity index (χ1n) is 10.8. The fourth-order valence-corrected chi connectivity index (χ4v) is 3.37. The van der Waals surface area contributed by atoms with E-state index >= 15 is 0 Å².